The van der Waals surface area contributed by atoms with Crippen molar-refractivity contribution >= 4 is 29.4 Å². The zero-order valence-electron chi connectivity index (χ0n) is 9.89. The van der Waals surface area contributed by atoms with Gasteiger partial charge in [-0.05, 0) is 23.8 Å². The first-order chi connectivity index (χ1) is 8.58. The molecule has 18 heavy (non-hydrogen) atoms. The van der Waals surface area contributed by atoms with Crippen LogP contribution < -0.4 is 5.84 Å². The number of halogens is 1. The molecule has 0 amide bonds. The smallest absolute Gasteiger partial charge is 0.337 e. The Kier molecular flexibility index (Phi) is 5.14. The summed E-state index contributed by atoms with van der Waals surface area (Å²) in [4.78, 5) is 11.4. The molecule has 94 valence electrons. The van der Waals surface area contributed by atoms with Crippen LogP contribution >= 0.6 is 11.6 Å². The van der Waals surface area contributed by atoms with Gasteiger partial charge in [0, 0.05) is 10.6 Å². The second-order valence-electron chi connectivity index (χ2n) is 3.40. The lowest BCUT2D eigenvalue weighted by molar-refractivity contribution is 0.0600. The Bertz CT molecular complexity index is 521. The van der Waals surface area contributed by atoms with Crippen LogP contribution in [0, 0.1) is 0 Å². The van der Waals surface area contributed by atoms with Gasteiger partial charge in [0.15, 0.2) is 0 Å². The highest BCUT2D eigenvalue weighted by molar-refractivity contribution is 6.32. The van der Waals surface area contributed by atoms with Gasteiger partial charge in [-0.1, -0.05) is 30.3 Å². The van der Waals surface area contributed by atoms with Gasteiger partial charge in [0.1, 0.15) is 0 Å². The van der Waals surface area contributed by atoms with E-state index in [9.17, 15) is 4.79 Å². The molecule has 1 aromatic rings. The minimum Gasteiger partial charge on any atom is -0.465 e. The van der Waals surface area contributed by atoms with Gasteiger partial charge in [-0.2, -0.15) is 5.10 Å². The predicted octanol–water partition coefficient (Wildman–Crippen LogP) is 2.55. The zero-order chi connectivity index (χ0) is 13.5. The Balaban J connectivity index is 3.22. The van der Waals surface area contributed by atoms with Gasteiger partial charge >= 0.3 is 5.97 Å². The predicted molar refractivity (Wildman–Crippen MR) is 73.4 cm³/mol. The molecule has 0 atom stereocenters. The lowest BCUT2D eigenvalue weighted by atomic mass is 10.0. The van der Waals surface area contributed by atoms with E-state index in [4.69, 9.17) is 17.4 Å². The Morgan fingerprint density at radius 2 is 2.17 bits per heavy atom. The van der Waals surface area contributed by atoms with Gasteiger partial charge in [-0.15, -0.1) is 0 Å². The zero-order valence-corrected chi connectivity index (χ0v) is 10.6. The third-order valence-corrected chi connectivity index (χ3v) is 2.25. The lowest BCUT2D eigenvalue weighted by Gasteiger charge is -2.04. The van der Waals surface area contributed by atoms with Gasteiger partial charge in [0.05, 0.1) is 18.9 Å². The van der Waals surface area contributed by atoms with Crippen LogP contribution in [-0.2, 0) is 4.74 Å². The molecule has 0 spiro atoms. The average molecular weight is 265 g/mol. The highest BCUT2D eigenvalue weighted by Crippen LogP contribution is 2.17. The molecular formula is C13H13ClN2O2. The van der Waals surface area contributed by atoms with E-state index >= 15 is 0 Å². The molecular weight excluding hydrogens is 252 g/mol. The second kappa shape index (κ2) is 6.61. The number of nitrogens with two attached hydrogens (primary N) is 1. The van der Waals surface area contributed by atoms with Crippen molar-refractivity contribution < 1.29 is 9.53 Å². The van der Waals surface area contributed by atoms with E-state index in [0.717, 1.165) is 5.56 Å². The van der Waals surface area contributed by atoms with E-state index < -0.39 is 5.97 Å². The van der Waals surface area contributed by atoms with E-state index in [2.05, 4.69) is 16.4 Å². The number of hydrogen-bond acceptors (Lipinski definition) is 4. The standard InChI is InChI=1S/C13H13ClN2O2/c1-9(14)6-12(8-16-15)10-4-3-5-11(7-10)13(17)18-2/h3-8H,1,15H2,2H3/b12-6+,16-8-. The molecule has 1 rings (SSSR count). The molecule has 1 aromatic carbocycles. The van der Waals surface area contributed by atoms with E-state index in [1.165, 1.54) is 13.3 Å². The molecule has 0 bridgehead atoms. The Hall–Kier alpha value is -2.07. The van der Waals surface area contributed by atoms with Crippen LogP contribution in [0.1, 0.15) is 15.9 Å². The summed E-state index contributed by atoms with van der Waals surface area (Å²) in [5, 5.41) is 3.79. The third-order valence-electron chi connectivity index (χ3n) is 2.14. The van der Waals surface area contributed by atoms with Crippen molar-refractivity contribution in [2.24, 2.45) is 10.9 Å². The van der Waals surface area contributed by atoms with Crippen LogP contribution in [0.2, 0.25) is 0 Å². The van der Waals surface area contributed by atoms with Crippen LogP contribution in [0.4, 0.5) is 0 Å². The summed E-state index contributed by atoms with van der Waals surface area (Å²) < 4.78 is 4.65. The van der Waals surface area contributed by atoms with Crippen molar-refractivity contribution in [3.63, 3.8) is 0 Å². The van der Waals surface area contributed by atoms with Gasteiger partial charge < -0.3 is 10.6 Å². The minimum atomic E-state index is -0.411. The maximum absolute atomic E-state index is 11.4. The maximum Gasteiger partial charge on any atom is 0.337 e. The number of rotatable bonds is 4. The molecule has 0 fully saturated rings. The van der Waals surface area contributed by atoms with Crippen molar-refractivity contribution in [3.8, 4) is 0 Å². The molecule has 0 heterocycles. The van der Waals surface area contributed by atoms with Crippen LogP contribution in [0.15, 0.2) is 47.1 Å². The highest BCUT2D eigenvalue weighted by atomic mass is 35.5. The summed E-state index contributed by atoms with van der Waals surface area (Å²) in [6.07, 6.45) is 3.04. The van der Waals surface area contributed by atoms with Crippen molar-refractivity contribution in [1.29, 1.82) is 0 Å². The molecule has 0 aliphatic carbocycles. The largest absolute Gasteiger partial charge is 0.465 e. The number of esters is 1. The van der Waals surface area contributed by atoms with Crippen molar-refractivity contribution in [2.75, 3.05) is 7.11 Å². The lowest BCUT2D eigenvalue weighted by Crippen LogP contribution is -2.02. The van der Waals surface area contributed by atoms with Gasteiger partial charge in [0.25, 0.3) is 0 Å². The number of hydrazone groups is 1. The van der Waals surface area contributed by atoms with Crippen LogP contribution in [0.3, 0.4) is 0 Å². The molecule has 5 heteroatoms. The Labute approximate surface area is 110 Å². The number of carbonyl (C=O) groups is 1. The molecule has 0 radical (unpaired) electrons. The van der Waals surface area contributed by atoms with E-state index in [0.29, 0.717) is 16.2 Å². The van der Waals surface area contributed by atoms with Crippen molar-refractivity contribution in [1.82, 2.24) is 0 Å². The fraction of sp³-hybridized carbons (Fsp3) is 0.0769. The van der Waals surface area contributed by atoms with Gasteiger partial charge in [-0.25, -0.2) is 4.79 Å². The van der Waals surface area contributed by atoms with Gasteiger partial charge in [0.2, 0.25) is 0 Å². The summed E-state index contributed by atoms with van der Waals surface area (Å²) in [6, 6.07) is 6.86. The quantitative estimate of drug-likeness (QED) is 0.299. The molecule has 0 saturated carbocycles. The normalized spacial score (nSPS) is 11.6. The number of nitrogens with zero attached hydrogens (tertiary/aromatic N) is 1. The topological polar surface area (TPSA) is 64.7 Å². The summed E-state index contributed by atoms with van der Waals surface area (Å²) in [7, 11) is 1.33. The average Bonchev–Trinajstić information content (AvgIpc) is 2.37. The fourth-order valence-corrected chi connectivity index (χ4v) is 1.51. The maximum atomic E-state index is 11.4. The van der Waals surface area contributed by atoms with Gasteiger partial charge in [-0.3, -0.25) is 0 Å². The fourth-order valence-electron chi connectivity index (χ4n) is 1.39. The first kappa shape index (κ1) is 14.0. The summed E-state index contributed by atoms with van der Waals surface area (Å²) in [5.41, 5.74) is 1.84. The van der Waals surface area contributed by atoms with Crippen LogP contribution in [-0.4, -0.2) is 19.3 Å². The first-order valence-corrected chi connectivity index (χ1v) is 5.44. The summed E-state index contributed by atoms with van der Waals surface area (Å²) >= 11 is 5.72. The first-order valence-electron chi connectivity index (χ1n) is 5.06. The SMILES string of the molecule is C=C(Cl)/C=C(\C=N/N)c1cccc(C(=O)OC)c1. The number of hydrogen-bond donors (Lipinski definition) is 1. The Morgan fingerprint density at radius 3 is 2.72 bits per heavy atom. The molecule has 0 unspecified atom stereocenters. The monoisotopic (exact) mass is 264 g/mol. The molecule has 0 saturated heterocycles. The minimum absolute atomic E-state index is 0.341. The molecule has 0 aromatic heterocycles. The van der Waals surface area contributed by atoms with E-state index in [1.54, 1.807) is 30.3 Å². The summed E-state index contributed by atoms with van der Waals surface area (Å²) in [5.74, 6) is 4.72. The molecule has 0 aliphatic rings. The van der Waals surface area contributed by atoms with E-state index in [-0.39, 0.29) is 0 Å². The highest BCUT2D eigenvalue weighted by Gasteiger charge is 2.07. The van der Waals surface area contributed by atoms with Crippen molar-refractivity contribution in [2.45, 2.75) is 0 Å². The molecule has 0 aliphatic heterocycles. The number of allylic oxidation sites excluding steroid dienone is 3. The Morgan fingerprint density at radius 1 is 1.50 bits per heavy atom. The van der Waals surface area contributed by atoms with E-state index in [1.807, 2.05) is 0 Å². The van der Waals surface area contributed by atoms with Crippen LogP contribution in [0.5, 0.6) is 0 Å². The number of benzene rings is 1. The van der Waals surface area contributed by atoms with Crippen molar-refractivity contribution in [3.05, 3.63) is 53.1 Å². The number of methoxy groups -OCH3 is 1. The van der Waals surface area contributed by atoms with Crippen LogP contribution in [0.25, 0.3) is 5.57 Å². The number of carbonyl (C=O) groups excluding carboxylic acids is 1. The molecule has 2 N–H and O–H groups in total. The number of ether oxygens (including phenoxy) is 1. The summed E-state index contributed by atoms with van der Waals surface area (Å²) in [6.45, 7) is 3.57. The third kappa shape index (κ3) is 3.75. The molecule has 4 nitrogen and oxygen atoms in total. The second-order valence-corrected chi connectivity index (χ2v) is 3.88.